The van der Waals surface area contributed by atoms with Gasteiger partial charge in [-0.15, -0.1) is 0 Å². The molecule has 96 valence electrons. The molecular formula is C16H22N2. The monoisotopic (exact) mass is 242 g/mol. The number of aromatic nitrogens is 1. The maximum Gasteiger partial charge on any atom is 0.0673 e. The molecular weight excluding hydrogens is 220 g/mol. The van der Waals surface area contributed by atoms with Crippen LogP contribution in [0.1, 0.15) is 42.8 Å². The van der Waals surface area contributed by atoms with Gasteiger partial charge in [0, 0.05) is 11.4 Å². The third-order valence-corrected chi connectivity index (χ3v) is 3.34. The van der Waals surface area contributed by atoms with E-state index in [4.69, 9.17) is 0 Å². The minimum Gasteiger partial charge on any atom is -0.318 e. The Hall–Kier alpha value is -1.70. The van der Waals surface area contributed by atoms with Crippen LogP contribution in [-0.2, 0) is 0 Å². The fraction of sp³-hybridized carbons (Fsp3) is 0.375. The third kappa shape index (κ3) is 2.76. The van der Waals surface area contributed by atoms with Gasteiger partial charge in [-0.25, -0.2) is 0 Å². The van der Waals surface area contributed by atoms with Gasteiger partial charge in [-0.3, -0.25) is 4.68 Å². The molecule has 1 aromatic carbocycles. The second kappa shape index (κ2) is 5.76. The Balaban J connectivity index is 2.22. The summed E-state index contributed by atoms with van der Waals surface area (Å²) >= 11 is 0. The van der Waals surface area contributed by atoms with E-state index in [1.807, 2.05) is 0 Å². The molecule has 2 aromatic rings. The lowest BCUT2D eigenvalue weighted by molar-refractivity contribution is 0.599. The number of aryl methyl sites for hydroxylation is 2. The molecule has 1 N–H and O–H groups in total. The number of benzene rings is 1. The Morgan fingerprint density at radius 3 is 2.17 bits per heavy atom. The molecule has 0 fully saturated rings. The summed E-state index contributed by atoms with van der Waals surface area (Å²) in [6.45, 7) is 6.50. The van der Waals surface area contributed by atoms with Gasteiger partial charge in [-0.2, -0.15) is 0 Å². The van der Waals surface area contributed by atoms with Crippen LogP contribution < -0.4 is 5.43 Å². The van der Waals surface area contributed by atoms with E-state index < -0.39 is 0 Å². The molecule has 0 radical (unpaired) electrons. The molecule has 0 aliphatic rings. The van der Waals surface area contributed by atoms with Crippen molar-refractivity contribution >= 4 is 0 Å². The van der Waals surface area contributed by atoms with Gasteiger partial charge in [0.25, 0.3) is 0 Å². The van der Waals surface area contributed by atoms with Crippen molar-refractivity contribution < 1.29 is 0 Å². The van der Waals surface area contributed by atoms with Gasteiger partial charge >= 0.3 is 0 Å². The smallest absolute Gasteiger partial charge is 0.0673 e. The van der Waals surface area contributed by atoms with Gasteiger partial charge in [0.15, 0.2) is 0 Å². The molecule has 0 spiro atoms. The fourth-order valence-electron chi connectivity index (χ4n) is 2.31. The lowest BCUT2D eigenvalue weighted by Gasteiger charge is -2.23. The Kier molecular flexibility index (Phi) is 4.08. The average molecular weight is 242 g/mol. The van der Waals surface area contributed by atoms with Crippen LogP contribution in [0.4, 0.5) is 0 Å². The molecule has 0 aliphatic heterocycles. The van der Waals surface area contributed by atoms with E-state index in [1.54, 1.807) is 0 Å². The second-order valence-corrected chi connectivity index (χ2v) is 4.83. The van der Waals surface area contributed by atoms with Crippen molar-refractivity contribution in [2.24, 2.45) is 0 Å². The Bertz CT molecular complexity index is 466. The quantitative estimate of drug-likeness (QED) is 0.832. The molecule has 2 nitrogen and oxygen atoms in total. The lowest BCUT2D eigenvalue weighted by Crippen LogP contribution is -2.22. The maximum atomic E-state index is 3.63. The third-order valence-electron chi connectivity index (χ3n) is 3.34. The minimum absolute atomic E-state index is 0.376. The van der Waals surface area contributed by atoms with Gasteiger partial charge in [-0.1, -0.05) is 43.7 Å². The number of nitrogens with zero attached hydrogens (tertiary/aromatic N) is 1. The van der Waals surface area contributed by atoms with E-state index in [9.17, 15) is 0 Å². The zero-order chi connectivity index (χ0) is 13.0. The first kappa shape index (κ1) is 12.7. The van der Waals surface area contributed by atoms with Crippen LogP contribution >= 0.6 is 0 Å². The summed E-state index contributed by atoms with van der Waals surface area (Å²) in [7, 11) is 0. The van der Waals surface area contributed by atoms with Crippen LogP contribution in [-0.4, -0.2) is 4.68 Å². The van der Waals surface area contributed by atoms with Crippen LogP contribution in [0.2, 0.25) is 0 Å². The predicted molar refractivity (Wildman–Crippen MR) is 77.4 cm³/mol. The average Bonchev–Trinajstić information content (AvgIpc) is 2.71. The molecule has 2 rings (SSSR count). The largest absolute Gasteiger partial charge is 0.318 e. The van der Waals surface area contributed by atoms with Crippen molar-refractivity contribution in [3.8, 4) is 0 Å². The predicted octanol–water partition coefficient (Wildman–Crippen LogP) is 4.19. The summed E-state index contributed by atoms with van der Waals surface area (Å²) in [4.78, 5) is 0. The van der Waals surface area contributed by atoms with Crippen molar-refractivity contribution in [2.45, 2.75) is 39.7 Å². The van der Waals surface area contributed by atoms with Crippen LogP contribution in [0.5, 0.6) is 0 Å². The van der Waals surface area contributed by atoms with Gasteiger partial charge < -0.3 is 5.43 Å². The minimum atomic E-state index is 0.376. The van der Waals surface area contributed by atoms with Crippen molar-refractivity contribution in [3.63, 3.8) is 0 Å². The summed E-state index contributed by atoms with van der Waals surface area (Å²) in [6, 6.07) is 15.3. The van der Waals surface area contributed by atoms with Gasteiger partial charge in [0.2, 0.25) is 0 Å². The molecule has 2 heteroatoms. The molecule has 0 aliphatic carbocycles. The number of rotatable bonds is 5. The van der Waals surface area contributed by atoms with Crippen LogP contribution in [0.15, 0.2) is 42.5 Å². The fourth-order valence-corrected chi connectivity index (χ4v) is 2.31. The summed E-state index contributed by atoms with van der Waals surface area (Å²) in [6.07, 6.45) is 2.31. The Morgan fingerprint density at radius 2 is 1.61 bits per heavy atom. The standard InChI is InChI=1S/C16H22N2/c1-4-8-16(15-9-6-5-7-10-15)17-18-13(2)11-12-14(18)3/h5-7,9-12,16-17H,4,8H2,1-3H3. The summed E-state index contributed by atoms with van der Waals surface area (Å²) in [5.74, 6) is 0. The van der Waals surface area contributed by atoms with Gasteiger partial charge in [-0.05, 0) is 38.0 Å². The first-order chi connectivity index (χ1) is 8.72. The van der Waals surface area contributed by atoms with Crippen molar-refractivity contribution in [1.82, 2.24) is 4.68 Å². The van der Waals surface area contributed by atoms with Crippen molar-refractivity contribution in [3.05, 3.63) is 59.4 Å². The summed E-state index contributed by atoms with van der Waals surface area (Å²) in [5.41, 5.74) is 7.49. The molecule has 1 unspecified atom stereocenters. The number of nitrogens with one attached hydrogen (secondary N) is 1. The number of hydrogen-bond acceptors (Lipinski definition) is 1. The second-order valence-electron chi connectivity index (χ2n) is 4.83. The molecule has 0 saturated heterocycles. The first-order valence-electron chi connectivity index (χ1n) is 6.68. The van der Waals surface area contributed by atoms with E-state index in [1.165, 1.54) is 23.4 Å². The molecule has 1 aromatic heterocycles. The molecule has 1 atom stereocenters. The first-order valence-corrected chi connectivity index (χ1v) is 6.68. The summed E-state index contributed by atoms with van der Waals surface area (Å²) < 4.78 is 2.19. The van der Waals surface area contributed by atoms with Crippen LogP contribution in [0.25, 0.3) is 0 Å². The highest BCUT2D eigenvalue weighted by atomic mass is 15.4. The maximum absolute atomic E-state index is 3.63. The normalized spacial score (nSPS) is 12.4. The van der Waals surface area contributed by atoms with Crippen LogP contribution in [0.3, 0.4) is 0 Å². The van der Waals surface area contributed by atoms with E-state index >= 15 is 0 Å². The van der Waals surface area contributed by atoms with E-state index in [2.05, 4.69) is 73.3 Å². The highest BCUT2D eigenvalue weighted by Gasteiger charge is 2.11. The summed E-state index contributed by atoms with van der Waals surface area (Å²) in [5, 5.41) is 0. The SMILES string of the molecule is CCCC(Nn1c(C)ccc1C)c1ccccc1. The Labute approximate surface area is 110 Å². The van der Waals surface area contributed by atoms with Gasteiger partial charge in [0.05, 0.1) is 6.04 Å². The zero-order valence-corrected chi connectivity index (χ0v) is 11.5. The molecule has 0 bridgehead atoms. The molecule has 0 amide bonds. The van der Waals surface area contributed by atoms with Gasteiger partial charge in [0.1, 0.15) is 0 Å². The van der Waals surface area contributed by atoms with Crippen molar-refractivity contribution in [2.75, 3.05) is 5.43 Å². The van der Waals surface area contributed by atoms with E-state index in [-0.39, 0.29) is 0 Å². The highest BCUT2D eigenvalue weighted by molar-refractivity contribution is 5.23. The van der Waals surface area contributed by atoms with E-state index in [0.29, 0.717) is 6.04 Å². The Morgan fingerprint density at radius 1 is 1.00 bits per heavy atom. The number of hydrogen-bond donors (Lipinski definition) is 1. The topological polar surface area (TPSA) is 17.0 Å². The highest BCUT2D eigenvalue weighted by Crippen LogP contribution is 2.20. The van der Waals surface area contributed by atoms with Crippen LogP contribution in [0, 0.1) is 13.8 Å². The molecule has 0 saturated carbocycles. The zero-order valence-electron chi connectivity index (χ0n) is 11.5. The van der Waals surface area contributed by atoms with Crippen molar-refractivity contribution in [1.29, 1.82) is 0 Å². The van der Waals surface area contributed by atoms with E-state index in [0.717, 1.165) is 6.42 Å². The molecule has 18 heavy (non-hydrogen) atoms. The molecule has 1 heterocycles. The lowest BCUT2D eigenvalue weighted by atomic mass is 10.0.